The maximum absolute atomic E-state index is 13.2. The number of alkyl halides is 3. The molecule has 6 nitrogen and oxygen atoms in total. The largest absolute Gasteiger partial charge is 0.504 e. The van der Waals surface area contributed by atoms with Crippen molar-refractivity contribution >= 4 is 22.4 Å². The number of phenols is 1. The minimum Gasteiger partial charge on any atom is -0.504 e. The highest BCUT2D eigenvalue weighted by atomic mass is 19.4. The van der Waals surface area contributed by atoms with Gasteiger partial charge in [-0.2, -0.15) is 13.2 Å². The predicted molar refractivity (Wildman–Crippen MR) is 112 cm³/mol. The molecule has 2 heterocycles. The van der Waals surface area contributed by atoms with Gasteiger partial charge in [-0.3, -0.25) is 0 Å². The number of nitrogen functional groups attached to an aromatic ring is 1. The van der Waals surface area contributed by atoms with E-state index in [-0.39, 0.29) is 11.4 Å². The molecule has 0 spiro atoms. The zero-order chi connectivity index (χ0) is 22.7. The van der Waals surface area contributed by atoms with E-state index < -0.39 is 23.4 Å². The van der Waals surface area contributed by atoms with Crippen molar-refractivity contribution in [3.63, 3.8) is 0 Å². The second kappa shape index (κ2) is 6.90. The second-order valence-corrected chi connectivity index (χ2v) is 8.51. The highest BCUT2D eigenvalue weighted by molar-refractivity contribution is 5.95. The summed E-state index contributed by atoms with van der Waals surface area (Å²) in [7, 11) is 0. The number of ether oxygens (including phenoxy) is 1. The van der Waals surface area contributed by atoms with Crippen molar-refractivity contribution in [3.8, 4) is 11.5 Å². The van der Waals surface area contributed by atoms with E-state index in [2.05, 4.69) is 15.3 Å². The van der Waals surface area contributed by atoms with Crippen LogP contribution in [0.1, 0.15) is 49.3 Å². The molecular formula is C22H23F3N4O2. The molecule has 0 amide bonds. The molecule has 1 aromatic heterocycles. The first-order valence-electron chi connectivity index (χ1n) is 9.80. The Balaban J connectivity index is 1.78. The summed E-state index contributed by atoms with van der Waals surface area (Å²) in [6, 6.07) is 4.45. The molecular weight excluding hydrogens is 409 g/mol. The molecule has 164 valence electrons. The summed E-state index contributed by atoms with van der Waals surface area (Å²) in [6.07, 6.45) is -3.94. The van der Waals surface area contributed by atoms with Crippen molar-refractivity contribution in [2.24, 2.45) is 0 Å². The third-order valence-corrected chi connectivity index (χ3v) is 5.27. The first kappa shape index (κ1) is 21.0. The van der Waals surface area contributed by atoms with Crippen LogP contribution in [0.15, 0.2) is 24.3 Å². The number of halogens is 3. The van der Waals surface area contributed by atoms with Crippen LogP contribution in [-0.4, -0.2) is 20.7 Å². The molecule has 9 heteroatoms. The van der Waals surface area contributed by atoms with Gasteiger partial charge in [0.15, 0.2) is 11.5 Å². The van der Waals surface area contributed by atoms with Crippen molar-refractivity contribution in [3.05, 3.63) is 46.8 Å². The second-order valence-electron chi connectivity index (χ2n) is 8.51. The molecule has 0 bridgehead atoms. The standard InChI is InChI=1S/C22H23F3N4O2/c1-10(12-5-13(22(23,24)25)7-14(26)6-12)27-20-15-8-17(30)19-16(9-21(3,4)31-19)18(15)28-11(2)29-20/h5-8,10,30H,9,26H2,1-4H3,(H,27,28,29). The monoisotopic (exact) mass is 432 g/mol. The Morgan fingerprint density at radius 2 is 1.90 bits per heavy atom. The van der Waals surface area contributed by atoms with E-state index in [9.17, 15) is 18.3 Å². The average molecular weight is 432 g/mol. The number of anilines is 2. The van der Waals surface area contributed by atoms with E-state index in [0.717, 1.165) is 17.7 Å². The summed E-state index contributed by atoms with van der Waals surface area (Å²) < 4.78 is 45.5. The quantitative estimate of drug-likeness (QED) is 0.497. The lowest BCUT2D eigenvalue weighted by Gasteiger charge is -2.19. The van der Waals surface area contributed by atoms with Gasteiger partial charge in [0.1, 0.15) is 17.2 Å². The fourth-order valence-electron chi connectivity index (χ4n) is 3.92. The number of rotatable bonds is 3. The first-order valence-corrected chi connectivity index (χ1v) is 9.80. The number of fused-ring (bicyclic) bond motifs is 3. The van der Waals surface area contributed by atoms with Gasteiger partial charge in [0, 0.05) is 23.1 Å². The minimum absolute atomic E-state index is 0.0250. The number of nitrogens with two attached hydrogens (primary N) is 1. The number of benzene rings is 2. The Kier molecular flexibility index (Phi) is 4.68. The third kappa shape index (κ3) is 3.92. The normalized spacial score (nSPS) is 16.1. The smallest absolute Gasteiger partial charge is 0.416 e. The summed E-state index contributed by atoms with van der Waals surface area (Å²) in [5, 5.41) is 14.2. The van der Waals surface area contributed by atoms with Crippen molar-refractivity contribution in [1.82, 2.24) is 9.97 Å². The Labute approximate surface area is 177 Å². The zero-order valence-electron chi connectivity index (χ0n) is 17.6. The molecule has 1 aliphatic heterocycles. The van der Waals surface area contributed by atoms with Gasteiger partial charge < -0.3 is 20.9 Å². The van der Waals surface area contributed by atoms with Crippen LogP contribution in [0.5, 0.6) is 11.5 Å². The number of phenolic OH excluding ortho intramolecular Hbond substituents is 1. The number of nitrogens with zero attached hydrogens (tertiary/aromatic N) is 2. The van der Waals surface area contributed by atoms with Crippen molar-refractivity contribution < 1.29 is 23.0 Å². The molecule has 1 unspecified atom stereocenters. The van der Waals surface area contributed by atoms with Gasteiger partial charge in [0.05, 0.1) is 17.1 Å². The Bertz CT molecular complexity index is 1190. The zero-order valence-corrected chi connectivity index (χ0v) is 17.6. The van der Waals surface area contributed by atoms with Crippen molar-refractivity contribution in [2.45, 2.75) is 51.9 Å². The lowest BCUT2D eigenvalue weighted by Crippen LogP contribution is -2.24. The molecule has 1 atom stereocenters. The first-order chi connectivity index (χ1) is 14.3. The van der Waals surface area contributed by atoms with Gasteiger partial charge in [0.25, 0.3) is 0 Å². The highest BCUT2D eigenvalue weighted by Crippen LogP contribution is 2.46. The van der Waals surface area contributed by atoms with Gasteiger partial charge in [-0.1, -0.05) is 0 Å². The average Bonchev–Trinajstić information content (AvgIpc) is 2.98. The topological polar surface area (TPSA) is 93.3 Å². The molecule has 1 aliphatic rings. The van der Waals surface area contributed by atoms with E-state index in [0.29, 0.717) is 40.3 Å². The van der Waals surface area contributed by atoms with Crippen LogP contribution in [0, 0.1) is 6.92 Å². The molecule has 2 aromatic carbocycles. The number of nitrogens with one attached hydrogen (secondary N) is 1. The van der Waals surface area contributed by atoms with Gasteiger partial charge in [-0.15, -0.1) is 0 Å². The lowest BCUT2D eigenvalue weighted by atomic mass is 9.98. The van der Waals surface area contributed by atoms with Crippen molar-refractivity contribution in [1.29, 1.82) is 0 Å². The molecule has 0 radical (unpaired) electrons. The van der Waals surface area contributed by atoms with Crippen LogP contribution >= 0.6 is 0 Å². The van der Waals surface area contributed by atoms with Gasteiger partial charge in [-0.25, -0.2) is 9.97 Å². The van der Waals surface area contributed by atoms with Gasteiger partial charge in [-0.05, 0) is 57.5 Å². The summed E-state index contributed by atoms with van der Waals surface area (Å²) in [5.74, 6) is 1.27. The minimum atomic E-state index is -4.50. The number of aromatic hydroxyl groups is 1. The van der Waals surface area contributed by atoms with E-state index in [1.165, 1.54) is 12.1 Å². The van der Waals surface area contributed by atoms with Crippen LogP contribution in [0.25, 0.3) is 10.9 Å². The molecule has 4 N–H and O–H groups in total. The number of hydrogen-bond donors (Lipinski definition) is 3. The number of aromatic nitrogens is 2. The third-order valence-electron chi connectivity index (χ3n) is 5.27. The van der Waals surface area contributed by atoms with Crippen LogP contribution in [-0.2, 0) is 12.6 Å². The Morgan fingerprint density at radius 3 is 2.58 bits per heavy atom. The van der Waals surface area contributed by atoms with Gasteiger partial charge >= 0.3 is 6.18 Å². The van der Waals surface area contributed by atoms with E-state index >= 15 is 0 Å². The molecule has 3 aromatic rings. The Morgan fingerprint density at radius 1 is 1.19 bits per heavy atom. The fourth-order valence-corrected chi connectivity index (χ4v) is 3.92. The molecule has 0 saturated heterocycles. The van der Waals surface area contributed by atoms with Crippen LogP contribution in [0.3, 0.4) is 0 Å². The fraction of sp³-hybridized carbons (Fsp3) is 0.364. The van der Waals surface area contributed by atoms with E-state index in [4.69, 9.17) is 10.5 Å². The Hall–Kier alpha value is -3.23. The summed E-state index contributed by atoms with van der Waals surface area (Å²) >= 11 is 0. The summed E-state index contributed by atoms with van der Waals surface area (Å²) in [6.45, 7) is 7.30. The highest BCUT2D eigenvalue weighted by Gasteiger charge is 2.35. The van der Waals surface area contributed by atoms with E-state index in [1.807, 2.05) is 13.8 Å². The number of hydrogen-bond acceptors (Lipinski definition) is 6. The molecule has 0 aliphatic carbocycles. The maximum Gasteiger partial charge on any atom is 0.416 e. The predicted octanol–water partition coefficient (Wildman–Crippen LogP) is 5.13. The van der Waals surface area contributed by atoms with Crippen molar-refractivity contribution in [2.75, 3.05) is 11.1 Å². The van der Waals surface area contributed by atoms with E-state index in [1.54, 1.807) is 13.8 Å². The molecule has 31 heavy (non-hydrogen) atoms. The van der Waals surface area contributed by atoms with Crippen LogP contribution < -0.4 is 15.8 Å². The summed E-state index contributed by atoms with van der Waals surface area (Å²) in [5.41, 5.74) is 6.23. The van der Waals surface area contributed by atoms with Crippen LogP contribution in [0.2, 0.25) is 0 Å². The lowest BCUT2D eigenvalue weighted by molar-refractivity contribution is -0.137. The molecule has 4 rings (SSSR count). The van der Waals surface area contributed by atoms with Crippen LogP contribution in [0.4, 0.5) is 24.7 Å². The SMILES string of the molecule is Cc1nc(NC(C)c2cc(N)cc(C(F)(F)F)c2)c2cc(O)c3c(c2n1)CC(C)(C)O3. The molecule has 0 fully saturated rings. The summed E-state index contributed by atoms with van der Waals surface area (Å²) in [4.78, 5) is 8.98. The molecule has 0 saturated carbocycles. The maximum atomic E-state index is 13.2. The number of aryl methyl sites for hydroxylation is 1. The van der Waals surface area contributed by atoms with Gasteiger partial charge in [0.2, 0.25) is 0 Å².